The molecule has 34 heavy (non-hydrogen) atoms. The molecule has 0 aliphatic heterocycles. The first kappa shape index (κ1) is 32.8. The van der Waals surface area contributed by atoms with Gasteiger partial charge in [-0.1, -0.05) is 32.0 Å². The highest BCUT2D eigenvalue weighted by molar-refractivity contribution is 7.85. The Balaban J connectivity index is 0. The number of hydrogen-bond donors (Lipinski definition) is 5. The van der Waals surface area contributed by atoms with Gasteiger partial charge in [0.05, 0.1) is 10.8 Å². The quantitative estimate of drug-likeness (QED) is 0.193. The predicted octanol–water partition coefficient (Wildman–Crippen LogP) is 1.15. The minimum absolute atomic E-state index is 0.558. The van der Waals surface area contributed by atoms with Crippen molar-refractivity contribution >= 4 is 34.7 Å². The summed E-state index contributed by atoms with van der Waals surface area (Å²) in [6.45, 7) is 9.37. The van der Waals surface area contributed by atoms with Gasteiger partial charge in [-0.25, -0.2) is 19.2 Å². The maximum absolute atomic E-state index is 11.9. The molecule has 11 nitrogen and oxygen atoms in total. The highest BCUT2D eigenvalue weighted by Gasteiger charge is 2.02. The summed E-state index contributed by atoms with van der Waals surface area (Å²) in [5.74, 6) is -4.35. The molecule has 190 valence electrons. The zero-order chi connectivity index (χ0) is 26.4. The molecule has 0 aromatic heterocycles. The number of nitrogens with zero attached hydrogens (tertiary/aromatic N) is 1. The molecule has 0 saturated heterocycles. The first-order valence-corrected chi connectivity index (χ1v) is 11.5. The van der Waals surface area contributed by atoms with Crippen molar-refractivity contribution in [3.63, 3.8) is 0 Å². The van der Waals surface area contributed by atoms with Crippen LogP contribution >= 0.6 is 0 Å². The number of nitrogens with one attached hydrogen (secondary N) is 1. The fraction of sp³-hybridized carbons (Fsp3) is 0.364. The summed E-state index contributed by atoms with van der Waals surface area (Å²) in [6.07, 6.45) is 2.23. The number of carbonyl (C=O) groups is 4. The van der Waals surface area contributed by atoms with Crippen LogP contribution in [0.15, 0.2) is 59.5 Å². The molecule has 0 heterocycles. The highest BCUT2D eigenvalue weighted by atomic mass is 32.2. The lowest BCUT2D eigenvalue weighted by Gasteiger charge is -2.17. The topological polar surface area (TPSA) is 182 Å². The first-order chi connectivity index (χ1) is 16.0. The summed E-state index contributed by atoms with van der Waals surface area (Å²) in [5, 5.41) is 34.6. The lowest BCUT2D eigenvalue weighted by atomic mass is 10.4. The van der Waals surface area contributed by atoms with E-state index in [0.717, 1.165) is 37.6 Å². The van der Waals surface area contributed by atoms with Crippen LogP contribution in [0.1, 0.15) is 13.8 Å². The Kier molecular flexibility index (Phi) is 20.8. The zero-order valence-corrected chi connectivity index (χ0v) is 19.9. The Labute approximate surface area is 200 Å². The van der Waals surface area contributed by atoms with Gasteiger partial charge in [-0.05, 0) is 25.2 Å². The molecule has 0 bridgehead atoms. The van der Waals surface area contributed by atoms with Crippen LogP contribution in [0.25, 0.3) is 0 Å². The molecule has 1 atom stereocenters. The molecule has 5 N–H and O–H groups in total. The van der Waals surface area contributed by atoms with Crippen LogP contribution in [0, 0.1) is 0 Å². The van der Waals surface area contributed by atoms with Gasteiger partial charge in [-0.15, -0.1) is 0 Å². The van der Waals surface area contributed by atoms with Crippen molar-refractivity contribution in [2.45, 2.75) is 18.7 Å². The molecule has 1 unspecified atom stereocenters. The lowest BCUT2D eigenvalue weighted by molar-refractivity contribution is -0.134. The number of carboxylic acid groups (broad SMARTS) is 4. The Morgan fingerprint density at radius 3 is 1.56 bits per heavy atom. The normalized spacial score (nSPS) is 11.3. The maximum atomic E-state index is 11.9. The van der Waals surface area contributed by atoms with Crippen molar-refractivity contribution < 1.29 is 43.8 Å². The Morgan fingerprint density at radius 1 is 0.794 bits per heavy atom. The van der Waals surface area contributed by atoms with E-state index in [0.29, 0.717) is 30.1 Å². The summed E-state index contributed by atoms with van der Waals surface area (Å²) < 4.78 is 11.9. The minimum Gasteiger partial charge on any atom is -0.478 e. The molecule has 0 saturated carbocycles. The van der Waals surface area contributed by atoms with Gasteiger partial charge in [0, 0.05) is 54.6 Å². The first-order valence-electron chi connectivity index (χ1n) is 10.2. The summed E-state index contributed by atoms with van der Waals surface area (Å²) in [6, 6.07) is 9.66. The van der Waals surface area contributed by atoms with Gasteiger partial charge in [0.15, 0.2) is 0 Å². The molecular weight excluding hydrogens is 468 g/mol. The maximum Gasteiger partial charge on any atom is 0.328 e. The van der Waals surface area contributed by atoms with Crippen LogP contribution in [0.4, 0.5) is 0 Å². The van der Waals surface area contributed by atoms with Crippen LogP contribution < -0.4 is 5.32 Å². The van der Waals surface area contributed by atoms with Crippen LogP contribution in [-0.2, 0) is 30.0 Å². The fourth-order valence-electron chi connectivity index (χ4n) is 2.04. The Hall–Kier alpha value is -3.35. The molecule has 1 aromatic rings. The number of hydrogen-bond acceptors (Lipinski definition) is 7. The third-order valence-corrected chi connectivity index (χ3v) is 5.08. The highest BCUT2D eigenvalue weighted by Crippen LogP contribution is 2.04. The zero-order valence-electron chi connectivity index (χ0n) is 19.1. The Bertz CT molecular complexity index is 757. The third-order valence-electron chi connectivity index (χ3n) is 3.71. The SMILES string of the molecule is CCN(CC)CCNCCS(=O)c1ccccc1.O=C(O)/C=C\C(=O)O.O=C(O)/C=C\C(=O)O. The summed E-state index contributed by atoms with van der Waals surface area (Å²) in [7, 11) is -0.877. The molecule has 12 heteroatoms. The monoisotopic (exact) mass is 500 g/mol. The van der Waals surface area contributed by atoms with Gasteiger partial charge in [0.1, 0.15) is 0 Å². The molecule has 0 aliphatic rings. The molecule has 1 aromatic carbocycles. The van der Waals surface area contributed by atoms with Crippen molar-refractivity contribution in [2.75, 3.05) is 38.5 Å². The van der Waals surface area contributed by atoms with Gasteiger partial charge in [-0.3, -0.25) is 4.21 Å². The van der Waals surface area contributed by atoms with Crippen LogP contribution in [0.2, 0.25) is 0 Å². The van der Waals surface area contributed by atoms with E-state index in [1.165, 1.54) is 0 Å². The second-order valence-corrected chi connectivity index (χ2v) is 7.73. The summed E-state index contributed by atoms with van der Waals surface area (Å²) >= 11 is 0. The predicted molar refractivity (Wildman–Crippen MR) is 127 cm³/mol. The Morgan fingerprint density at radius 2 is 1.21 bits per heavy atom. The number of likely N-dealkylation sites (N-methyl/N-ethyl adjacent to an activating group) is 1. The van der Waals surface area contributed by atoms with E-state index < -0.39 is 34.7 Å². The van der Waals surface area contributed by atoms with Crippen LogP contribution in [-0.4, -0.2) is 91.9 Å². The molecular formula is C22H32N2O9S. The minimum atomic E-state index is -1.26. The van der Waals surface area contributed by atoms with E-state index in [1.54, 1.807) is 0 Å². The molecule has 0 spiro atoms. The number of benzene rings is 1. The largest absolute Gasteiger partial charge is 0.478 e. The van der Waals surface area contributed by atoms with Gasteiger partial charge in [0.2, 0.25) is 0 Å². The second-order valence-electron chi connectivity index (χ2n) is 6.16. The van der Waals surface area contributed by atoms with Crippen molar-refractivity contribution in [1.29, 1.82) is 0 Å². The summed E-state index contributed by atoms with van der Waals surface area (Å²) in [4.78, 5) is 41.5. The van der Waals surface area contributed by atoms with Gasteiger partial charge >= 0.3 is 23.9 Å². The van der Waals surface area contributed by atoms with Crippen LogP contribution in [0.5, 0.6) is 0 Å². The number of carboxylic acids is 4. The molecule has 0 aliphatic carbocycles. The average Bonchev–Trinajstić information content (AvgIpc) is 2.80. The van der Waals surface area contributed by atoms with E-state index in [-0.39, 0.29) is 0 Å². The number of rotatable bonds is 13. The van der Waals surface area contributed by atoms with E-state index in [9.17, 15) is 23.4 Å². The number of aliphatic carboxylic acids is 4. The van der Waals surface area contributed by atoms with Gasteiger partial charge < -0.3 is 30.6 Å². The molecule has 0 amide bonds. The second kappa shape index (κ2) is 21.5. The van der Waals surface area contributed by atoms with E-state index >= 15 is 0 Å². The van der Waals surface area contributed by atoms with Crippen molar-refractivity contribution in [3.05, 3.63) is 54.6 Å². The standard InChI is InChI=1S/C14H24N2OS.2C4H4O4/c1-3-16(4-2)12-10-15-11-13-18(17)14-8-6-5-7-9-14;2*5-3(6)1-2-4(7)8/h5-9,15H,3-4,10-13H2,1-2H3;2*1-2H,(H,5,6)(H,7,8)/b;2*2-1-. The summed E-state index contributed by atoms with van der Waals surface area (Å²) in [5.41, 5.74) is 0. The van der Waals surface area contributed by atoms with E-state index in [1.807, 2.05) is 30.3 Å². The van der Waals surface area contributed by atoms with Gasteiger partial charge in [-0.2, -0.15) is 0 Å². The molecule has 1 rings (SSSR count). The molecule has 0 radical (unpaired) electrons. The third kappa shape index (κ3) is 23.3. The van der Waals surface area contributed by atoms with E-state index in [2.05, 4.69) is 24.1 Å². The molecule has 0 fully saturated rings. The lowest BCUT2D eigenvalue weighted by Crippen LogP contribution is -2.33. The van der Waals surface area contributed by atoms with Crippen LogP contribution in [0.3, 0.4) is 0 Å². The fourth-order valence-corrected chi connectivity index (χ4v) is 3.07. The van der Waals surface area contributed by atoms with Gasteiger partial charge in [0.25, 0.3) is 0 Å². The van der Waals surface area contributed by atoms with Crippen molar-refractivity contribution in [3.8, 4) is 0 Å². The average molecular weight is 501 g/mol. The smallest absolute Gasteiger partial charge is 0.328 e. The van der Waals surface area contributed by atoms with Crippen molar-refractivity contribution in [1.82, 2.24) is 10.2 Å². The van der Waals surface area contributed by atoms with Crippen molar-refractivity contribution in [2.24, 2.45) is 0 Å². The van der Waals surface area contributed by atoms with E-state index in [4.69, 9.17) is 20.4 Å².